The van der Waals surface area contributed by atoms with Crippen molar-refractivity contribution in [3.05, 3.63) is 94.8 Å². The maximum Gasteiger partial charge on any atom is 0.343 e. The molecular formula is C29H28N2O5. The standard InChI is InChI=1S/C29H28N2O5/c1-2-3-4-5-6-19-34-25-14-12-24(13-15-25)31-30-23-10-7-21(8-11-23)29(33)35-26-16-17-27-22(20-26)9-18-28(32)36-27/h7-18,20H,2-6,19H2,1H3. The SMILES string of the molecule is CCCCCCCOc1ccc(N=Nc2ccc(C(=O)Oc3ccc4oc(=O)ccc4c3)cc2)cc1. The summed E-state index contributed by atoms with van der Waals surface area (Å²) < 4.78 is 16.3. The molecule has 0 unspecified atom stereocenters. The van der Waals surface area contributed by atoms with Crippen LogP contribution < -0.4 is 15.1 Å². The number of nitrogens with zero attached hydrogens (tertiary/aromatic N) is 2. The molecule has 4 aromatic rings. The van der Waals surface area contributed by atoms with Crippen molar-refractivity contribution in [1.82, 2.24) is 0 Å². The molecule has 1 heterocycles. The average Bonchev–Trinajstić information content (AvgIpc) is 2.90. The second-order valence-electron chi connectivity index (χ2n) is 8.35. The van der Waals surface area contributed by atoms with Gasteiger partial charge in [-0.2, -0.15) is 10.2 Å². The molecule has 0 bridgehead atoms. The molecule has 0 spiro atoms. The van der Waals surface area contributed by atoms with E-state index >= 15 is 0 Å². The number of carbonyl (C=O) groups is 1. The zero-order valence-corrected chi connectivity index (χ0v) is 20.2. The van der Waals surface area contributed by atoms with Gasteiger partial charge in [0.15, 0.2) is 0 Å². The first kappa shape index (κ1) is 24.9. The number of hydrogen-bond donors (Lipinski definition) is 0. The van der Waals surface area contributed by atoms with E-state index in [0.29, 0.717) is 33.7 Å². The molecule has 7 heteroatoms. The molecule has 0 atom stereocenters. The Morgan fingerprint density at radius 3 is 2.17 bits per heavy atom. The first-order valence-electron chi connectivity index (χ1n) is 12.1. The summed E-state index contributed by atoms with van der Waals surface area (Å²) in [6, 6.07) is 21.9. The lowest BCUT2D eigenvalue weighted by molar-refractivity contribution is 0.0735. The van der Waals surface area contributed by atoms with E-state index < -0.39 is 11.6 Å². The number of carbonyl (C=O) groups excluding carboxylic acids is 1. The summed E-state index contributed by atoms with van der Waals surface area (Å²) in [5.74, 6) is 0.675. The van der Waals surface area contributed by atoms with E-state index in [1.807, 2.05) is 24.3 Å². The molecule has 0 aliphatic carbocycles. The van der Waals surface area contributed by atoms with Crippen molar-refractivity contribution >= 4 is 28.3 Å². The zero-order chi connectivity index (χ0) is 25.2. The highest BCUT2D eigenvalue weighted by molar-refractivity contribution is 5.92. The quantitative estimate of drug-likeness (QED) is 0.0713. The van der Waals surface area contributed by atoms with Crippen LogP contribution in [0.5, 0.6) is 11.5 Å². The molecule has 0 saturated carbocycles. The molecule has 0 aliphatic rings. The molecular weight excluding hydrogens is 456 g/mol. The van der Waals surface area contributed by atoms with Crippen LogP contribution in [0, 0.1) is 0 Å². The lowest BCUT2D eigenvalue weighted by Crippen LogP contribution is -2.08. The van der Waals surface area contributed by atoms with E-state index in [2.05, 4.69) is 17.2 Å². The predicted molar refractivity (Wildman–Crippen MR) is 139 cm³/mol. The fourth-order valence-corrected chi connectivity index (χ4v) is 3.56. The largest absolute Gasteiger partial charge is 0.494 e. The molecule has 0 N–H and O–H groups in total. The highest BCUT2D eigenvalue weighted by Crippen LogP contribution is 2.23. The molecule has 36 heavy (non-hydrogen) atoms. The van der Waals surface area contributed by atoms with Crippen LogP contribution in [-0.2, 0) is 0 Å². The molecule has 184 valence electrons. The highest BCUT2D eigenvalue weighted by atomic mass is 16.5. The second-order valence-corrected chi connectivity index (χ2v) is 8.35. The van der Waals surface area contributed by atoms with E-state index in [1.165, 1.54) is 31.7 Å². The monoisotopic (exact) mass is 484 g/mol. The van der Waals surface area contributed by atoms with Crippen LogP contribution >= 0.6 is 0 Å². The molecule has 7 nitrogen and oxygen atoms in total. The van der Waals surface area contributed by atoms with Gasteiger partial charge in [-0.3, -0.25) is 0 Å². The molecule has 4 rings (SSSR count). The van der Waals surface area contributed by atoms with Crippen molar-refractivity contribution < 1.29 is 18.7 Å². The number of benzene rings is 3. The lowest BCUT2D eigenvalue weighted by atomic mass is 10.2. The third-order valence-electron chi connectivity index (χ3n) is 5.54. The summed E-state index contributed by atoms with van der Waals surface area (Å²) in [6.45, 7) is 2.93. The van der Waals surface area contributed by atoms with Crippen molar-refractivity contribution in [3.8, 4) is 11.5 Å². The molecule has 0 saturated heterocycles. The fourth-order valence-electron chi connectivity index (χ4n) is 3.56. The summed E-state index contributed by atoms with van der Waals surface area (Å²) in [6.07, 6.45) is 6.03. The van der Waals surface area contributed by atoms with Crippen LogP contribution in [0.25, 0.3) is 11.0 Å². The van der Waals surface area contributed by atoms with Gasteiger partial charge < -0.3 is 13.9 Å². The summed E-state index contributed by atoms with van der Waals surface area (Å²) in [5, 5.41) is 9.14. The normalized spacial score (nSPS) is 11.1. The van der Waals surface area contributed by atoms with Crippen molar-refractivity contribution in [2.45, 2.75) is 39.0 Å². The van der Waals surface area contributed by atoms with Gasteiger partial charge in [0.05, 0.1) is 23.5 Å². The lowest BCUT2D eigenvalue weighted by Gasteiger charge is -2.06. The number of unbranched alkanes of at least 4 members (excludes halogenated alkanes) is 4. The van der Waals surface area contributed by atoms with Crippen LogP contribution in [0.15, 0.2) is 98.3 Å². The number of fused-ring (bicyclic) bond motifs is 1. The number of esters is 1. The number of ether oxygens (including phenoxy) is 2. The van der Waals surface area contributed by atoms with Crippen molar-refractivity contribution in [2.75, 3.05) is 6.61 Å². The molecule has 0 fully saturated rings. The van der Waals surface area contributed by atoms with Gasteiger partial charge in [-0.1, -0.05) is 32.6 Å². The smallest absolute Gasteiger partial charge is 0.343 e. The minimum atomic E-state index is -0.504. The van der Waals surface area contributed by atoms with Gasteiger partial charge >= 0.3 is 11.6 Å². The van der Waals surface area contributed by atoms with Crippen molar-refractivity contribution in [2.24, 2.45) is 10.2 Å². The predicted octanol–water partition coefficient (Wildman–Crippen LogP) is 7.78. The van der Waals surface area contributed by atoms with Gasteiger partial charge in [0, 0.05) is 11.5 Å². The number of rotatable bonds is 11. The van der Waals surface area contributed by atoms with Crippen LogP contribution in [0.4, 0.5) is 11.4 Å². The fraction of sp³-hybridized carbons (Fsp3) is 0.241. The Bertz CT molecular complexity index is 1380. The Hall–Kier alpha value is -4.26. The summed E-state index contributed by atoms with van der Waals surface area (Å²) in [5.41, 5.74) is 1.70. The van der Waals surface area contributed by atoms with Gasteiger partial charge in [0.25, 0.3) is 0 Å². The molecule has 0 aliphatic heterocycles. The van der Waals surface area contributed by atoms with Crippen LogP contribution in [0.1, 0.15) is 49.4 Å². The van der Waals surface area contributed by atoms with Crippen LogP contribution in [-0.4, -0.2) is 12.6 Å². The van der Waals surface area contributed by atoms with Gasteiger partial charge in [0.1, 0.15) is 17.1 Å². The Labute approximate surface area is 209 Å². The van der Waals surface area contributed by atoms with E-state index in [9.17, 15) is 9.59 Å². The molecule has 3 aromatic carbocycles. The third-order valence-corrected chi connectivity index (χ3v) is 5.54. The zero-order valence-electron chi connectivity index (χ0n) is 20.2. The Morgan fingerprint density at radius 2 is 1.44 bits per heavy atom. The second kappa shape index (κ2) is 12.4. The first-order chi connectivity index (χ1) is 17.6. The maximum absolute atomic E-state index is 12.5. The number of azo groups is 1. The Morgan fingerprint density at radius 1 is 0.778 bits per heavy atom. The van der Waals surface area contributed by atoms with Crippen molar-refractivity contribution in [3.63, 3.8) is 0 Å². The van der Waals surface area contributed by atoms with Crippen LogP contribution in [0.2, 0.25) is 0 Å². The topological polar surface area (TPSA) is 90.5 Å². The van der Waals surface area contributed by atoms with Gasteiger partial charge in [-0.05, 0) is 79.2 Å². The molecule has 1 aromatic heterocycles. The Kier molecular flexibility index (Phi) is 8.59. The van der Waals surface area contributed by atoms with E-state index in [-0.39, 0.29) is 0 Å². The van der Waals surface area contributed by atoms with E-state index in [0.717, 1.165) is 18.8 Å². The summed E-state index contributed by atoms with van der Waals surface area (Å²) >= 11 is 0. The summed E-state index contributed by atoms with van der Waals surface area (Å²) in [4.78, 5) is 23.8. The van der Waals surface area contributed by atoms with Gasteiger partial charge in [-0.25, -0.2) is 9.59 Å². The van der Waals surface area contributed by atoms with Gasteiger partial charge in [-0.15, -0.1) is 0 Å². The Balaban J connectivity index is 1.29. The highest BCUT2D eigenvalue weighted by Gasteiger charge is 2.10. The van der Waals surface area contributed by atoms with Crippen molar-refractivity contribution in [1.29, 1.82) is 0 Å². The molecule has 0 radical (unpaired) electrons. The number of hydrogen-bond acceptors (Lipinski definition) is 7. The third kappa shape index (κ3) is 7.12. The first-order valence-corrected chi connectivity index (χ1v) is 12.1. The summed E-state index contributed by atoms with van der Waals surface area (Å²) in [7, 11) is 0. The minimum Gasteiger partial charge on any atom is -0.494 e. The van der Waals surface area contributed by atoms with E-state index in [4.69, 9.17) is 13.9 Å². The minimum absolute atomic E-state index is 0.356. The maximum atomic E-state index is 12.5. The van der Waals surface area contributed by atoms with Gasteiger partial charge in [0.2, 0.25) is 0 Å². The van der Waals surface area contributed by atoms with Crippen LogP contribution in [0.3, 0.4) is 0 Å². The average molecular weight is 485 g/mol. The van der Waals surface area contributed by atoms with E-state index in [1.54, 1.807) is 48.5 Å². The molecule has 0 amide bonds.